The first-order valence-electron chi connectivity index (χ1n) is 12.9. The number of aryl methyl sites for hydroxylation is 1. The van der Waals surface area contributed by atoms with Crippen LogP contribution < -0.4 is 10.2 Å². The summed E-state index contributed by atoms with van der Waals surface area (Å²) in [6.45, 7) is 5.19. The van der Waals surface area contributed by atoms with Crippen LogP contribution in [0, 0.1) is 22.7 Å². The van der Waals surface area contributed by atoms with Crippen LogP contribution in [0.4, 0.5) is 0 Å². The lowest BCUT2D eigenvalue weighted by atomic mass is 9.87. The normalized spacial score (nSPS) is 16.9. The van der Waals surface area contributed by atoms with E-state index in [0.717, 1.165) is 0 Å². The molecule has 0 radical (unpaired) electrons. The van der Waals surface area contributed by atoms with Crippen LogP contribution in [0.2, 0.25) is 0 Å². The molecule has 0 unspecified atom stereocenters. The third-order valence-corrected chi connectivity index (χ3v) is 6.84. The molecule has 41 heavy (non-hydrogen) atoms. The van der Waals surface area contributed by atoms with Gasteiger partial charge in [-0.05, 0) is 62.4 Å². The zero-order chi connectivity index (χ0) is 29.3. The van der Waals surface area contributed by atoms with Crippen molar-refractivity contribution in [2.24, 2.45) is 0 Å². The van der Waals surface area contributed by atoms with E-state index in [1.807, 2.05) is 19.1 Å². The minimum absolute atomic E-state index is 0.109. The topological polar surface area (TPSA) is 140 Å². The maximum absolute atomic E-state index is 13.5. The standard InChI is InChI=1S/C32H24N2O7/c1-4-22-15-24(35)23-11-12-25-26(27(23)38-22)28(39-30(36)20-9-5-7-18(13-20)16-33)29(32(2,3)41-25)40-31(37)21-10-6-8-19(14-21)17-34/h5-15,28-29H,4H2,1-3H3/t28-,29-/m1/s1. The van der Waals surface area contributed by atoms with Crippen LogP contribution in [0.15, 0.2) is 75.9 Å². The first kappa shape index (κ1) is 27.2. The predicted octanol–water partition coefficient (Wildman–Crippen LogP) is 5.39. The molecule has 0 spiro atoms. The zero-order valence-electron chi connectivity index (χ0n) is 22.5. The third-order valence-electron chi connectivity index (χ3n) is 6.84. The summed E-state index contributed by atoms with van der Waals surface area (Å²) >= 11 is 0. The molecule has 1 aromatic heterocycles. The number of hydrogen-bond acceptors (Lipinski definition) is 9. The Morgan fingerprint density at radius 3 is 2.10 bits per heavy atom. The number of fused-ring (bicyclic) bond motifs is 3. The van der Waals surface area contributed by atoms with E-state index in [-0.39, 0.29) is 44.2 Å². The van der Waals surface area contributed by atoms with E-state index in [9.17, 15) is 24.9 Å². The van der Waals surface area contributed by atoms with Gasteiger partial charge in [-0.3, -0.25) is 4.79 Å². The highest BCUT2D eigenvalue weighted by Crippen LogP contribution is 2.47. The zero-order valence-corrected chi connectivity index (χ0v) is 22.5. The van der Waals surface area contributed by atoms with Crippen LogP contribution in [-0.2, 0) is 15.9 Å². The van der Waals surface area contributed by atoms with Gasteiger partial charge >= 0.3 is 11.9 Å². The molecule has 0 N–H and O–H groups in total. The lowest BCUT2D eigenvalue weighted by Crippen LogP contribution is -2.52. The van der Waals surface area contributed by atoms with Gasteiger partial charge in [-0.1, -0.05) is 19.1 Å². The van der Waals surface area contributed by atoms with Crippen molar-refractivity contribution in [3.8, 4) is 17.9 Å². The fourth-order valence-electron chi connectivity index (χ4n) is 4.78. The Morgan fingerprint density at radius 2 is 1.51 bits per heavy atom. The number of nitriles is 2. The van der Waals surface area contributed by atoms with Crippen LogP contribution in [0.5, 0.6) is 5.75 Å². The molecule has 0 aliphatic carbocycles. The number of benzene rings is 3. The van der Waals surface area contributed by atoms with Gasteiger partial charge in [0, 0.05) is 12.5 Å². The highest BCUT2D eigenvalue weighted by Gasteiger charge is 2.50. The summed E-state index contributed by atoms with van der Waals surface area (Å²) in [4.78, 5) is 39.8. The number of carbonyl (C=O) groups is 2. The summed E-state index contributed by atoms with van der Waals surface area (Å²) in [7, 11) is 0. The van der Waals surface area contributed by atoms with Gasteiger partial charge in [0.15, 0.2) is 17.6 Å². The Balaban J connectivity index is 1.67. The highest BCUT2D eigenvalue weighted by atomic mass is 16.6. The van der Waals surface area contributed by atoms with E-state index in [0.29, 0.717) is 17.9 Å². The fourth-order valence-corrected chi connectivity index (χ4v) is 4.78. The lowest BCUT2D eigenvalue weighted by Gasteiger charge is -2.43. The summed E-state index contributed by atoms with van der Waals surface area (Å²) in [5.74, 6) is -0.847. The Hall–Kier alpha value is -5.41. The Kier molecular flexibility index (Phi) is 7.04. The Labute approximate surface area is 235 Å². The molecular formula is C32H24N2O7. The van der Waals surface area contributed by atoms with Crippen LogP contribution in [0.25, 0.3) is 11.0 Å². The Morgan fingerprint density at radius 1 is 0.902 bits per heavy atom. The number of hydrogen-bond donors (Lipinski definition) is 0. The molecule has 9 heteroatoms. The van der Waals surface area contributed by atoms with Crippen LogP contribution in [0.1, 0.15) is 70.0 Å². The second kappa shape index (κ2) is 10.6. The first-order chi connectivity index (χ1) is 19.6. The molecule has 4 aromatic rings. The molecule has 3 aromatic carbocycles. The van der Waals surface area contributed by atoms with Gasteiger partial charge in [0.2, 0.25) is 0 Å². The fraction of sp³-hybridized carbons (Fsp3) is 0.219. The summed E-state index contributed by atoms with van der Waals surface area (Å²) in [6, 6.07) is 20.5. The van der Waals surface area contributed by atoms with E-state index in [1.165, 1.54) is 30.3 Å². The molecule has 0 fully saturated rings. The Bertz CT molecular complexity index is 1840. The predicted molar refractivity (Wildman–Crippen MR) is 146 cm³/mol. The van der Waals surface area contributed by atoms with Crippen molar-refractivity contribution in [3.05, 3.63) is 111 Å². The minimum atomic E-state index is -1.27. The molecule has 0 bridgehead atoms. The van der Waals surface area contributed by atoms with E-state index < -0.39 is 29.7 Å². The quantitative estimate of drug-likeness (QED) is 0.300. The molecule has 5 rings (SSSR count). The molecule has 1 aliphatic heterocycles. The van der Waals surface area contributed by atoms with Gasteiger partial charge in [-0.25, -0.2) is 9.59 Å². The van der Waals surface area contributed by atoms with Crippen molar-refractivity contribution in [1.29, 1.82) is 10.5 Å². The number of carbonyl (C=O) groups excluding carboxylic acids is 2. The average molecular weight is 549 g/mol. The summed E-state index contributed by atoms with van der Waals surface area (Å²) < 4.78 is 24.3. The molecule has 1 aliphatic rings. The number of rotatable bonds is 5. The van der Waals surface area contributed by atoms with Gasteiger partial charge in [-0.2, -0.15) is 10.5 Å². The van der Waals surface area contributed by atoms with Crippen LogP contribution in [0.3, 0.4) is 0 Å². The van der Waals surface area contributed by atoms with Crippen molar-refractivity contribution in [2.75, 3.05) is 0 Å². The monoisotopic (exact) mass is 548 g/mol. The second-order valence-corrected chi connectivity index (χ2v) is 10.0. The maximum atomic E-state index is 13.5. The van der Waals surface area contributed by atoms with Crippen LogP contribution >= 0.6 is 0 Å². The summed E-state index contributed by atoms with van der Waals surface area (Å²) in [5, 5.41) is 18.8. The SMILES string of the molecule is CCc1cc(=O)c2ccc3c(c2o1)[C@@H](OC(=O)c1cccc(C#N)c1)[C@@H](OC(=O)c1cccc(C#N)c1)C(C)(C)O3. The van der Waals surface area contributed by atoms with Gasteiger partial charge in [0.05, 0.1) is 45.3 Å². The van der Waals surface area contributed by atoms with Gasteiger partial charge in [-0.15, -0.1) is 0 Å². The largest absolute Gasteiger partial charge is 0.483 e. The number of ether oxygens (including phenoxy) is 3. The smallest absolute Gasteiger partial charge is 0.338 e. The van der Waals surface area contributed by atoms with Gasteiger partial charge in [0.1, 0.15) is 22.7 Å². The van der Waals surface area contributed by atoms with Gasteiger partial charge in [0.25, 0.3) is 0 Å². The van der Waals surface area contributed by atoms with E-state index in [1.54, 1.807) is 50.2 Å². The number of nitrogens with zero attached hydrogens (tertiary/aromatic N) is 2. The van der Waals surface area contributed by atoms with Crippen LogP contribution in [-0.4, -0.2) is 23.6 Å². The third kappa shape index (κ3) is 5.13. The molecule has 204 valence electrons. The molecule has 2 atom stereocenters. The van der Waals surface area contributed by atoms with E-state index in [2.05, 4.69) is 0 Å². The molecular weight excluding hydrogens is 524 g/mol. The molecule has 0 saturated heterocycles. The summed E-state index contributed by atoms with van der Waals surface area (Å²) in [5.41, 5.74) is -0.357. The molecule has 2 heterocycles. The van der Waals surface area contributed by atoms with Crippen molar-refractivity contribution in [2.45, 2.75) is 45.0 Å². The highest BCUT2D eigenvalue weighted by molar-refractivity contribution is 5.92. The minimum Gasteiger partial charge on any atom is -0.483 e. The molecule has 0 saturated carbocycles. The molecule has 9 nitrogen and oxygen atoms in total. The van der Waals surface area contributed by atoms with Gasteiger partial charge < -0.3 is 18.6 Å². The van der Waals surface area contributed by atoms with Crippen molar-refractivity contribution in [3.63, 3.8) is 0 Å². The van der Waals surface area contributed by atoms with E-state index >= 15 is 0 Å². The van der Waals surface area contributed by atoms with E-state index in [4.69, 9.17) is 18.6 Å². The van der Waals surface area contributed by atoms with Crippen molar-refractivity contribution in [1.82, 2.24) is 0 Å². The first-order valence-corrected chi connectivity index (χ1v) is 12.9. The molecule has 0 amide bonds. The number of esters is 2. The summed E-state index contributed by atoms with van der Waals surface area (Å²) in [6.07, 6.45) is -2.05. The van der Waals surface area contributed by atoms with Crippen molar-refractivity contribution >= 4 is 22.9 Å². The average Bonchev–Trinajstić information content (AvgIpc) is 2.97. The maximum Gasteiger partial charge on any atom is 0.338 e. The second-order valence-electron chi connectivity index (χ2n) is 10.0. The lowest BCUT2D eigenvalue weighted by molar-refractivity contribution is -0.122. The van der Waals surface area contributed by atoms with Crippen molar-refractivity contribution < 1.29 is 28.2 Å².